The van der Waals surface area contributed by atoms with Crippen molar-refractivity contribution in [2.24, 2.45) is 5.73 Å². The van der Waals surface area contributed by atoms with Gasteiger partial charge in [0, 0.05) is 30.7 Å². The maximum Gasteiger partial charge on any atom is 0.251 e. The fourth-order valence-electron chi connectivity index (χ4n) is 2.46. The number of hydrogen-bond acceptors (Lipinski definition) is 4. The molecule has 1 saturated heterocycles. The third kappa shape index (κ3) is 5.44. The minimum Gasteiger partial charge on any atom is -0.350 e. The van der Waals surface area contributed by atoms with Crippen LogP contribution in [0.3, 0.4) is 0 Å². The number of amides is 1. The Morgan fingerprint density at radius 1 is 1.25 bits per heavy atom. The van der Waals surface area contributed by atoms with Crippen molar-refractivity contribution >= 4 is 28.3 Å². The van der Waals surface area contributed by atoms with Crippen LogP contribution in [0.15, 0.2) is 29.2 Å². The minimum atomic E-state index is -3.53. The van der Waals surface area contributed by atoms with Crippen LogP contribution in [0, 0.1) is 0 Å². The number of nitrogens with one attached hydrogen (secondary N) is 1. The lowest BCUT2D eigenvalue weighted by Gasteiger charge is -2.26. The molecule has 1 fully saturated rings. The third-order valence-corrected chi connectivity index (χ3v) is 5.65. The highest BCUT2D eigenvalue weighted by atomic mass is 35.5. The summed E-state index contributed by atoms with van der Waals surface area (Å²) in [6.07, 6.45) is 2.82. The summed E-state index contributed by atoms with van der Waals surface area (Å²) < 4.78 is 26.8. The molecule has 0 spiro atoms. The number of nitrogens with zero attached hydrogens (tertiary/aromatic N) is 1. The summed E-state index contributed by atoms with van der Waals surface area (Å²) in [6.45, 7) is 5.02. The van der Waals surface area contributed by atoms with E-state index in [4.69, 9.17) is 5.73 Å². The van der Waals surface area contributed by atoms with Crippen LogP contribution < -0.4 is 11.1 Å². The first kappa shape index (κ1) is 20.9. The van der Waals surface area contributed by atoms with Crippen molar-refractivity contribution in [2.45, 2.75) is 43.5 Å². The molecule has 2 rings (SSSR count). The topological polar surface area (TPSA) is 92.5 Å². The number of nitrogens with two attached hydrogens (primary N) is 1. The molecule has 1 aliphatic heterocycles. The fourth-order valence-corrected chi connectivity index (χ4v) is 4.03. The van der Waals surface area contributed by atoms with E-state index in [0.29, 0.717) is 25.2 Å². The molecule has 1 aromatic carbocycles. The quantitative estimate of drug-likeness (QED) is 0.819. The van der Waals surface area contributed by atoms with Gasteiger partial charge in [-0.15, -0.1) is 12.4 Å². The van der Waals surface area contributed by atoms with Crippen LogP contribution in [0.4, 0.5) is 0 Å². The lowest BCUT2D eigenvalue weighted by atomic mass is 10.1. The van der Waals surface area contributed by atoms with E-state index in [2.05, 4.69) is 5.32 Å². The third-order valence-electron chi connectivity index (χ3n) is 3.75. The van der Waals surface area contributed by atoms with Crippen LogP contribution in [0.1, 0.15) is 43.5 Å². The summed E-state index contributed by atoms with van der Waals surface area (Å²) >= 11 is 0. The number of carbonyl (C=O) groups excluding carboxylic acids is 1. The molecule has 24 heavy (non-hydrogen) atoms. The van der Waals surface area contributed by atoms with Gasteiger partial charge in [0.1, 0.15) is 0 Å². The highest BCUT2D eigenvalue weighted by molar-refractivity contribution is 7.89. The zero-order valence-corrected chi connectivity index (χ0v) is 15.8. The molecule has 0 atom stereocenters. The monoisotopic (exact) mass is 375 g/mol. The molecule has 1 aromatic rings. The minimum absolute atomic E-state index is 0. The predicted octanol–water partition coefficient (Wildman–Crippen LogP) is 1.75. The molecule has 3 N–H and O–H groups in total. The average Bonchev–Trinajstić information content (AvgIpc) is 2.53. The molecule has 0 aliphatic carbocycles. The normalized spacial score (nSPS) is 16.3. The Kier molecular flexibility index (Phi) is 7.22. The van der Waals surface area contributed by atoms with Crippen molar-refractivity contribution in [1.29, 1.82) is 0 Å². The lowest BCUT2D eigenvalue weighted by molar-refractivity contribution is 0.0946. The summed E-state index contributed by atoms with van der Waals surface area (Å²) in [4.78, 5) is 12.3. The van der Waals surface area contributed by atoms with Crippen LogP contribution in [0.2, 0.25) is 0 Å². The van der Waals surface area contributed by atoms with Gasteiger partial charge in [0.2, 0.25) is 10.0 Å². The molecule has 0 saturated carbocycles. The Labute approximate surface area is 150 Å². The molecule has 8 heteroatoms. The van der Waals surface area contributed by atoms with Crippen LogP contribution >= 0.6 is 12.4 Å². The van der Waals surface area contributed by atoms with Gasteiger partial charge in [-0.3, -0.25) is 4.79 Å². The Hall–Kier alpha value is -1.15. The van der Waals surface area contributed by atoms with Crippen molar-refractivity contribution < 1.29 is 13.2 Å². The first-order chi connectivity index (χ1) is 10.7. The molecular weight excluding hydrogens is 350 g/mol. The molecule has 1 aliphatic rings. The number of piperidine rings is 1. The molecule has 0 radical (unpaired) electrons. The number of carbonyl (C=O) groups is 1. The fraction of sp³-hybridized carbons (Fsp3) is 0.562. The van der Waals surface area contributed by atoms with Crippen LogP contribution in [-0.2, 0) is 10.0 Å². The summed E-state index contributed by atoms with van der Waals surface area (Å²) in [5.41, 5.74) is 5.65. The van der Waals surface area contributed by atoms with E-state index < -0.39 is 15.6 Å². The molecule has 0 unspecified atom stereocenters. The Balaban J connectivity index is 0.00000288. The number of hydrogen-bond donors (Lipinski definition) is 2. The summed E-state index contributed by atoms with van der Waals surface area (Å²) in [5.74, 6) is -0.320. The second kappa shape index (κ2) is 8.29. The van der Waals surface area contributed by atoms with Gasteiger partial charge in [-0.2, -0.15) is 4.31 Å². The molecule has 0 aromatic heterocycles. The van der Waals surface area contributed by atoms with E-state index in [1.165, 1.54) is 16.4 Å². The number of halogens is 1. The summed E-state index contributed by atoms with van der Waals surface area (Å²) in [5, 5.41) is 2.72. The van der Waals surface area contributed by atoms with Crippen molar-refractivity contribution in [3.8, 4) is 0 Å². The van der Waals surface area contributed by atoms with E-state index in [1.807, 2.05) is 13.8 Å². The zero-order chi connectivity index (χ0) is 17.1. The molecule has 0 bridgehead atoms. The van der Waals surface area contributed by atoms with Gasteiger partial charge in [0.05, 0.1) is 4.90 Å². The van der Waals surface area contributed by atoms with Gasteiger partial charge in [-0.1, -0.05) is 12.5 Å². The first-order valence-corrected chi connectivity index (χ1v) is 9.31. The van der Waals surface area contributed by atoms with Crippen molar-refractivity contribution in [3.05, 3.63) is 29.8 Å². The highest BCUT2D eigenvalue weighted by Crippen LogP contribution is 2.21. The summed E-state index contributed by atoms with van der Waals surface area (Å²) in [7, 11) is -3.53. The van der Waals surface area contributed by atoms with Gasteiger partial charge < -0.3 is 11.1 Å². The summed E-state index contributed by atoms with van der Waals surface area (Å²) in [6, 6.07) is 6.17. The largest absolute Gasteiger partial charge is 0.350 e. The van der Waals surface area contributed by atoms with Gasteiger partial charge in [-0.05, 0) is 44.9 Å². The molecule has 6 nitrogen and oxygen atoms in total. The maximum absolute atomic E-state index is 12.7. The van der Waals surface area contributed by atoms with E-state index >= 15 is 0 Å². The van der Waals surface area contributed by atoms with Crippen LogP contribution in [-0.4, -0.2) is 43.8 Å². The van der Waals surface area contributed by atoms with E-state index in [9.17, 15) is 13.2 Å². The molecule has 1 amide bonds. The molecular formula is C16H26ClN3O3S. The second-order valence-electron chi connectivity index (χ2n) is 6.66. The number of benzene rings is 1. The van der Waals surface area contributed by atoms with Gasteiger partial charge in [0.15, 0.2) is 0 Å². The Morgan fingerprint density at radius 2 is 1.88 bits per heavy atom. The average molecular weight is 376 g/mol. The molecule has 136 valence electrons. The van der Waals surface area contributed by atoms with Crippen molar-refractivity contribution in [2.75, 3.05) is 19.6 Å². The maximum atomic E-state index is 12.7. The number of sulfonamides is 1. The Bertz CT molecular complexity index is 665. The second-order valence-corrected chi connectivity index (χ2v) is 8.60. The lowest BCUT2D eigenvalue weighted by Crippen LogP contribution is -2.45. The van der Waals surface area contributed by atoms with Crippen LogP contribution in [0.5, 0.6) is 0 Å². The number of rotatable bonds is 5. The smallest absolute Gasteiger partial charge is 0.251 e. The van der Waals surface area contributed by atoms with Crippen molar-refractivity contribution in [3.63, 3.8) is 0 Å². The van der Waals surface area contributed by atoms with Gasteiger partial charge in [0.25, 0.3) is 5.91 Å². The van der Waals surface area contributed by atoms with E-state index in [1.54, 1.807) is 12.1 Å². The highest BCUT2D eigenvalue weighted by Gasteiger charge is 2.26. The molecule has 1 heterocycles. The van der Waals surface area contributed by atoms with Crippen LogP contribution in [0.25, 0.3) is 0 Å². The predicted molar refractivity (Wildman–Crippen MR) is 96.9 cm³/mol. The van der Waals surface area contributed by atoms with Gasteiger partial charge in [-0.25, -0.2) is 8.42 Å². The van der Waals surface area contributed by atoms with Gasteiger partial charge >= 0.3 is 0 Å². The first-order valence-electron chi connectivity index (χ1n) is 7.87. The van der Waals surface area contributed by atoms with E-state index in [0.717, 1.165) is 19.3 Å². The standard InChI is InChI=1S/C16H25N3O3S.ClH/c1-16(2,17)12-18-15(20)13-7-6-8-14(11-13)23(21,22)19-9-4-3-5-10-19;/h6-8,11H,3-5,9-10,12,17H2,1-2H3,(H,18,20);1H. The van der Waals surface area contributed by atoms with Crippen molar-refractivity contribution in [1.82, 2.24) is 9.62 Å². The zero-order valence-electron chi connectivity index (χ0n) is 14.1. The Morgan fingerprint density at radius 3 is 2.46 bits per heavy atom. The SMILES string of the molecule is CC(C)(N)CNC(=O)c1cccc(S(=O)(=O)N2CCCCC2)c1.Cl. The van der Waals surface area contributed by atoms with E-state index in [-0.39, 0.29) is 23.2 Å².